The summed E-state index contributed by atoms with van der Waals surface area (Å²) < 4.78 is 18.3. The Kier molecular flexibility index (Phi) is 6.92. The van der Waals surface area contributed by atoms with Crippen LogP contribution in [0.2, 0.25) is 5.02 Å². The summed E-state index contributed by atoms with van der Waals surface area (Å²) in [7, 11) is 1.70. The van der Waals surface area contributed by atoms with Gasteiger partial charge in [0.2, 0.25) is 0 Å². The first kappa shape index (κ1) is 17.7. The van der Waals surface area contributed by atoms with Crippen molar-refractivity contribution in [3.8, 4) is 5.75 Å². The van der Waals surface area contributed by atoms with E-state index >= 15 is 0 Å². The molecular formula is C15H22ClFN2O2. The largest absolute Gasteiger partial charge is 0.484 e. The number of carbonyl (C=O) groups is 1. The molecule has 6 heteroatoms. The number of hydrogen-bond acceptors (Lipinski definition) is 3. The van der Waals surface area contributed by atoms with Crippen LogP contribution in [0.5, 0.6) is 5.75 Å². The molecule has 118 valence electrons. The summed E-state index contributed by atoms with van der Waals surface area (Å²) in [4.78, 5) is 13.5. The van der Waals surface area contributed by atoms with Gasteiger partial charge in [-0.3, -0.25) is 4.79 Å². The summed E-state index contributed by atoms with van der Waals surface area (Å²) in [5.74, 6) is 0.0645. The summed E-state index contributed by atoms with van der Waals surface area (Å²) >= 11 is 5.64. The fourth-order valence-corrected chi connectivity index (χ4v) is 1.79. The maximum absolute atomic E-state index is 13.0. The Labute approximate surface area is 130 Å². The molecule has 1 aromatic carbocycles. The third kappa shape index (κ3) is 5.89. The molecule has 0 saturated carbocycles. The highest BCUT2D eigenvalue weighted by Crippen LogP contribution is 2.21. The lowest BCUT2D eigenvalue weighted by Gasteiger charge is -2.21. The van der Waals surface area contributed by atoms with Crippen LogP contribution >= 0.6 is 11.6 Å². The summed E-state index contributed by atoms with van der Waals surface area (Å²) in [5.41, 5.74) is 5.94. The van der Waals surface area contributed by atoms with Crippen LogP contribution in [0.25, 0.3) is 0 Å². The second-order valence-corrected chi connectivity index (χ2v) is 5.78. The lowest BCUT2D eigenvalue weighted by molar-refractivity contribution is -0.132. The maximum Gasteiger partial charge on any atom is 0.260 e. The van der Waals surface area contributed by atoms with Crippen molar-refractivity contribution in [2.45, 2.75) is 26.3 Å². The monoisotopic (exact) mass is 316 g/mol. The van der Waals surface area contributed by atoms with E-state index in [1.807, 2.05) is 13.8 Å². The summed E-state index contributed by atoms with van der Waals surface area (Å²) in [6.45, 7) is 4.56. The molecule has 0 aliphatic carbocycles. The molecule has 0 saturated heterocycles. The van der Waals surface area contributed by atoms with Crippen molar-refractivity contribution in [3.05, 3.63) is 29.0 Å². The lowest BCUT2D eigenvalue weighted by Crippen LogP contribution is -2.36. The zero-order valence-corrected chi connectivity index (χ0v) is 13.4. The molecule has 2 N–H and O–H groups in total. The van der Waals surface area contributed by atoms with Gasteiger partial charge in [-0.1, -0.05) is 25.4 Å². The van der Waals surface area contributed by atoms with E-state index < -0.39 is 5.82 Å². The van der Waals surface area contributed by atoms with Gasteiger partial charge in [-0.25, -0.2) is 4.39 Å². The maximum atomic E-state index is 13.0. The second-order valence-electron chi connectivity index (χ2n) is 5.38. The van der Waals surface area contributed by atoms with Crippen molar-refractivity contribution in [1.29, 1.82) is 0 Å². The Balaban J connectivity index is 2.40. The number of nitrogens with two attached hydrogens (primary N) is 1. The molecule has 0 aromatic heterocycles. The van der Waals surface area contributed by atoms with E-state index in [0.717, 1.165) is 6.42 Å². The number of amides is 1. The van der Waals surface area contributed by atoms with Crippen LogP contribution in [0.3, 0.4) is 0 Å². The molecule has 0 heterocycles. The molecule has 0 spiro atoms. The Bertz CT molecular complexity index is 483. The quantitative estimate of drug-likeness (QED) is 0.841. The predicted octanol–water partition coefficient (Wildman–Crippen LogP) is 2.69. The van der Waals surface area contributed by atoms with Crippen LogP contribution in [0.15, 0.2) is 18.2 Å². The Hall–Kier alpha value is -1.33. The van der Waals surface area contributed by atoms with Crippen molar-refractivity contribution in [1.82, 2.24) is 4.90 Å². The first-order valence-electron chi connectivity index (χ1n) is 6.88. The Morgan fingerprint density at radius 3 is 2.71 bits per heavy atom. The number of hydrogen-bond donors (Lipinski definition) is 1. The van der Waals surface area contributed by atoms with Gasteiger partial charge < -0.3 is 15.4 Å². The first-order valence-corrected chi connectivity index (χ1v) is 7.26. The fourth-order valence-electron chi connectivity index (χ4n) is 1.62. The number of carbonyl (C=O) groups excluding carboxylic acids is 1. The van der Waals surface area contributed by atoms with E-state index in [1.165, 1.54) is 18.2 Å². The number of ether oxygens (including phenoxy) is 1. The first-order chi connectivity index (χ1) is 9.81. The highest BCUT2D eigenvalue weighted by molar-refractivity contribution is 6.30. The van der Waals surface area contributed by atoms with E-state index in [-0.39, 0.29) is 23.6 Å². The third-order valence-corrected chi connectivity index (χ3v) is 3.62. The Morgan fingerprint density at radius 2 is 2.14 bits per heavy atom. The number of likely N-dealkylation sites (N-methyl/N-ethyl adjacent to an activating group) is 1. The minimum atomic E-state index is -0.518. The highest BCUT2D eigenvalue weighted by Gasteiger charge is 2.13. The average molecular weight is 317 g/mol. The number of halogens is 2. The van der Waals surface area contributed by atoms with Gasteiger partial charge in [0, 0.05) is 25.7 Å². The molecule has 0 aliphatic rings. The molecule has 1 rings (SSSR count). The zero-order valence-electron chi connectivity index (χ0n) is 12.6. The number of benzene rings is 1. The van der Waals surface area contributed by atoms with Crippen molar-refractivity contribution in [2.75, 3.05) is 20.2 Å². The van der Waals surface area contributed by atoms with Gasteiger partial charge in [0.1, 0.15) is 11.6 Å². The molecule has 21 heavy (non-hydrogen) atoms. The summed E-state index contributed by atoms with van der Waals surface area (Å²) in [6.07, 6.45) is 0.738. The molecule has 4 nitrogen and oxygen atoms in total. The van der Waals surface area contributed by atoms with E-state index in [0.29, 0.717) is 18.2 Å². The van der Waals surface area contributed by atoms with Gasteiger partial charge >= 0.3 is 0 Å². The molecule has 0 fully saturated rings. The van der Waals surface area contributed by atoms with Gasteiger partial charge in [0.15, 0.2) is 6.61 Å². The summed E-state index contributed by atoms with van der Waals surface area (Å²) in [5, 5.41) is -0.0313. The van der Waals surface area contributed by atoms with Gasteiger partial charge in [-0.15, -0.1) is 0 Å². The van der Waals surface area contributed by atoms with Crippen LogP contribution in [0.1, 0.15) is 20.3 Å². The van der Waals surface area contributed by atoms with Crippen molar-refractivity contribution in [3.63, 3.8) is 0 Å². The molecule has 0 radical (unpaired) electrons. The smallest absolute Gasteiger partial charge is 0.260 e. The van der Waals surface area contributed by atoms with Gasteiger partial charge in [-0.05, 0) is 24.5 Å². The van der Waals surface area contributed by atoms with E-state index in [1.54, 1.807) is 11.9 Å². The second kappa shape index (κ2) is 8.20. The Morgan fingerprint density at radius 1 is 1.48 bits per heavy atom. The number of nitrogens with zero attached hydrogens (tertiary/aromatic N) is 1. The molecule has 0 aliphatic heterocycles. The van der Waals surface area contributed by atoms with Gasteiger partial charge in [0.05, 0.1) is 5.02 Å². The third-order valence-electron chi connectivity index (χ3n) is 3.33. The van der Waals surface area contributed by atoms with Gasteiger partial charge in [0.25, 0.3) is 5.91 Å². The standard InChI is InChI=1S/C15H22ClFN2O2/c1-10(2)14(18)6-7-19(3)15(20)9-21-11-4-5-13(17)12(16)8-11/h4-5,8,10,14H,6-7,9,18H2,1-3H3. The topological polar surface area (TPSA) is 55.6 Å². The lowest BCUT2D eigenvalue weighted by atomic mass is 10.0. The van der Waals surface area contributed by atoms with E-state index in [9.17, 15) is 9.18 Å². The van der Waals surface area contributed by atoms with Crippen molar-refractivity contribution in [2.24, 2.45) is 11.7 Å². The molecule has 0 bridgehead atoms. The molecule has 1 aromatic rings. The normalized spacial score (nSPS) is 12.3. The van der Waals surface area contributed by atoms with E-state index in [2.05, 4.69) is 0 Å². The van der Waals surface area contributed by atoms with Crippen LogP contribution in [0.4, 0.5) is 4.39 Å². The van der Waals surface area contributed by atoms with Crippen LogP contribution in [-0.4, -0.2) is 37.0 Å². The van der Waals surface area contributed by atoms with Crippen LogP contribution in [-0.2, 0) is 4.79 Å². The molecule has 1 amide bonds. The predicted molar refractivity (Wildman–Crippen MR) is 82.0 cm³/mol. The average Bonchev–Trinajstić information content (AvgIpc) is 2.44. The molecule has 1 atom stereocenters. The summed E-state index contributed by atoms with van der Waals surface area (Å²) in [6, 6.07) is 4.05. The molecule has 1 unspecified atom stereocenters. The van der Waals surface area contributed by atoms with E-state index in [4.69, 9.17) is 22.1 Å². The van der Waals surface area contributed by atoms with Crippen LogP contribution in [0, 0.1) is 11.7 Å². The zero-order chi connectivity index (χ0) is 16.0. The highest BCUT2D eigenvalue weighted by atomic mass is 35.5. The minimum Gasteiger partial charge on any atom is -0.484 e. The SMILES string of the molecule is CC(C)C(N)CCN(C)C(=O)COc1ccc(F)c(Cl)c1. The fraction of sp³-hybridized carbons (Fsp3) is 0.533. The molecular weight excluding hydrogens is 295 g/mol. The van der Waals surface area contributed by atoms with Crippen LogP contribution < -0.4 is 10.5 Å². The van der Waals surface area contributed by atoms with Crippen molar-refractivity contribution >= 4 is 17.5 Å². The number of rotatable bonds is 7. The minimum absolute atomic E-state index is 0.0313. The van der Waals surface area contributed by atoms with Gasteiger partial charge in [-0.2, -0.15) is 0 Å². The van der Waals surface area contributed by atoms with Crippen molar-refractivity contribution < 1.29 is 13.9 Å².